The van der Waals surface area contributed by atoms with Gasteiger partial charge in [-0.25, -0.2) is 8.42 Å². The molecule has 0 spiro atoms. The lowest BCUT2D eigenvalue weighted by molar-refractivity contribution is 0.615. The first kappa shape index (κ1) is 10.2. The number of hydrogen-bond donors (Lipinski definition) is 3. The van der Waals surface area contributed by atoms with E-state index in [0.717, 1.165) is 16.3 Å². The van der Waals surface area contributed by atoms with E-state index < -0.39 is 10.7 Å². The topological polar surface area (TPSA) is 76.0 Å². The molecule has 0 unspecified atom stereocenters. The molecule has 0 amide bonds. The molecule has 3 rings (SSSR count). The normalized spacial score (nSPS) is 11.6. The average Bonchev–Trinajstić information content (AvgIpc) is 2.65. The largest absolute Gasteiger partial charge is 0.399 e. The van der Waals surface area contributed by atoms with Gasteiger partial charge < -0.3 is 10.7 Å². The second-order valence-electron chi connectivity index (χ2n) is 3.89. The van der Waals surface area contributed by atoms with Crippen molar-refractivity contribution in [3.8, 4) is 0 Å². The second-order valence-corrected chi connectivity index (χ2v) is 4.88. The molecule has 4 nitrogen and oxygen atoms in total. The summed E-state index contributed by atoms with van der Waals surface area (Å²) in [6.45, 7) is 0. The van der Waals surface area contributed by atoms with Crippen LogP contribution in [-0.4, -0.2) is 13.4 Å². The fourth-order valence-electron chi connectivity index (χ4n) is 2.08. The molecule has 0 fully saturated rings. The zero-order valence-electron chi connectivity index (χ0n) is 8.81. The molecular weight excluding hydrogens is 236 g/mol. The first-order valence-electron chi connectivity index (χ1n) is 5.11. The molecule has 0 saturated heterocycles. The zero-order valence-corrected chi connectivity index (χ0v) is 9.70. The van der Waals surface area contributed by atoms with Gasteiger partial charge in [0.25, 0.3) is 0 Å². The van der Waals surface area contributed by atoms with Crippen LogP contribution >= 0.6 is 0 Å². The van der Waals surface area contributed by atoms with E-state index in [1.807, 2.05) is 12.1 Å². The molecular formula is C12H10N2O2S. The SMILES string of the molecule is Nc1ccc2c(c1)[nH]c1c([SH](=O)=O)cccc12. The second kappa shape index (κ2) is 3.49. The van der Waals surface area contributed by atoms with Gasteiger partial charge in [0.1, 0.15) is 0 Å². The number of rotatable bonds is 1. The summed E-state index contributed by atoms with van der Waals surface area (Å²) in [6.07, 6.45) is 0. The van der Waals surface area contributed by atoms with Gasteiger partial charge in [0.2, 0.25) is 0 Å². The van der Waals surface area contributed by atoms with Gasteiger partial charge in [0.05, 0.1) is 10.4 Å². The van der Waals surface area contributed by atoms with E-state index in [1.165, 1.54) is 0 Å². The van der Waals surface area contributed by atoms with Crippen molar-refractivity contribution in [1.82, 2.24) is 4.98 Å². The van der Waals surface area contributed by atoms with Gasteiger partial charge in [0, 0.05) is 22.0 Å². The molecule has 5 heteroatoms. The molecule has 0 atom stereocenters. The number of para-hydroxylation sites is 1. The first-order valence-corrected chi connectivity index (χ1v) is 6.29. The summed E-state index contributed by atoms with van der Waals surface area (Å²) in [6, 6.07) is 10.7. The van der Waals surface area contributed by atoms with Gasteiger partial charge >= 0.3 is 0 Å². The van der Waals surface area contributed by atoms with Gasteiger partial charge in [0.15, 0.2) is 10.7 Å². The zero-order chi connectivity index (χ0) is 12.0. The summed E-state index contributed by atoms with van der Waals surface area (Å²) < 4.78 is 22.3. The molecule has 0 aliphatic carbocycles. The fourth-order valence-corrected chi connectivity index (χ4v) is 2.65. The smallest absolute Gasteiger partial charge is 0.170 e. The molecule has 2 aromatic carbocycles. The number of nitrogen functional groups attached to an aromatic ring is 1. The van der Waals surface area contributed by atoms with Crippen molar-refractivity contribution in [3.05, 3.63) is 36.4 Å². The molecule has 1 aromatic heterocycles. The van der Waals surface area contributed by atoms with E-state index in [-0.39, 0.29) is 0 Å². The lowest BCUT2D eigenvalue weighted by Gasteiger charge is -1.94. The highest BCUT2D eigenvalue weighted by Gasteiger charge is 2.09. The number of nitrogens with two attached hydrogens (primary N) is 1. The number of anilines is 1. The summed E-state index contributed by atoms with van der Waals surface area (Å²) in [5.74, 6) is 0. The minimum atomic E-state index is -2.60. The van der Waals surface area contributed by atoms with Crippen LogP contribution < -0.4 is 5.73 Å². The standard InChI is InChI=1S/C12H10N2O2S/c13-7-4-5-8-9-2-1-3-11(17(15)16)12(9)14-10(8)6-7/h1-6,14,17H,13H2. The highest BCUT2D eigenvalue weighted by atomic mass is 32.2. The van der Waals surface area contributed by atoms with Crippen LogP contribution in [0.25, 0.3) is 21.8 Å². The maximum Gasteiger partial charge on any atom is 0.170 e. The third kappa shape index (κ3) is 1.47. The van der Waals surface area contributed by atoms with Gasteiger partial charge in [-0.15, -0.1) is 0 Å². The molecule has 0 radical (unpaired) electrons. The van der Waals surface area contributed by atoms with Crippen molar-refractivity contribution in [2.45, 2.75) is 4.90 Å². The van der Waals surface area contributed by atoms with Crippen molar-refractivity contribution in [2.24, 2.45) is 0 Å². The van der Waals surface area contributed by atoms with E-state index in [2.05, 4.69) is 4.98 Å². The van der Waals surface area contributed by atoms with Crippen molar-refractivity contribution in [2.75, 3.05) is 5.73 Å². The summed E-state index contributed by atoms with van der Waals surface area (Å²) >= 11 is 0. The van der Waals surface area contributed by atoms with Crippen molar-refractivity contribution >= 4 is 38.2 Å². The molecule has 0 aliphatic heterocycles. The summed E-state index contributed by atoms with van der Waals surface area (Å²) in [5, 5.41) is 1.88. The first-order chi connectivity index (χ1) is 8.16. The fraction of sp³-hybridized carbons (Fsp3) is 0. The van der Waals surface area contributed by atoms with Crippen molar-refractivity contribution < 1.29 is 8.42 Å². The molecule has 1 heterocycles. The lowest BCUT2D eigenvalue weighted by atomic mass is 10.1. The Morgan fingerprint density at radius 1 is 1.06 bits per heavy atom. The molecule has 3 N–H and O–H groups in total. The van der Waals surface area contributed by atoms with Crippen molar-refractivity contribution in [3.63, 3.8) is 0 Å². The van der Waals surface area contributed by atoms with Gasteiger partial charge in [-0.1, -0.05) is 18.2 Å². The van der Waals surface area contributed by atoms with E-state index in [4.69, 9.17) is 5.73 Å². The minimum absolute atomic E-state index is 0.312. The number of aromatic nitrogens is 1. The number of hydrogen-bond acceptors (Lipinski definition) is 3. The van der Waals surface area contributed by atoms with Crippen LogP contribution in [0.15, 0.2) is 41.3 Å². The molecule has 0 saturated carbocycles. The van der Waals surface area contributed by atoms with Crippen molar-refractivity contribution in [1.29, 1.82) is 0 Å². The van der Waals surface area contributed by atoms with Gasteiger partial charge in [-0.3, -0.25) is 0 Å². The van der Waals surface area contributed by atoms with Gasteiger partial charge in [-0.05, 0) is 18.2 Å². The summed E-state index contributed by atoms with van der Waals surface area (Å²) in [5.41, 5.74) is 7.85. The molecule has 0 bridgehead atoms. The lowest BCUT2D eigenvalue weighted by Crippen LogP contribution is -1.82. The summed E-state index contributed by atoms with van der Waals surface area (Å²) in [4.78, 5) is 3.42. The Labute approximate surface area is 99.0 Å². The predicted octanol–water partition coefficient (Wildman–Crippen LogP) is 1.87. The van der Waals surface area contributed by atoms with E-state index in [0.29, 0.717) is 16.1 Å². The van der Waals surface area contributed by atoms with E-state index >= 15 is 0 Å². The number of thiol groups is 1. The third-order valence-electron chi connectivity index (χ3n) is 2.83. The van der Waals surface area contributed by atoms with Crippen LogP contribution in [0.3, 0.4) is 0 Å². The number of fused-ring (bicyclic) bond motifs is 3. The maximum atomic E-state index is 11.2. The van der Waals surface area contributed by atoms with Crippen LogP contribution in [0.4, 0.5) is 5.69 Å². The summed E-state index contributed by atoms with van der Waals surface area (Å²) in [7, 11) is -2.60. The Hall–Kier alpha value is -2.01. The molecule has 3 aromatic rings. The van der Waals surface area contributed by atoms with Crippen LogP contribution in [0.2, 0.25) is 0 Å². The van der Waals surface area contributed by atoms with Crippen LogP contribution in [0.5, 0.6) is 0 Å². The Balaban J connectivity index is 2.54. The Morgan fingerprint density at radius 2 is 1.88 bits per heavy atom. The minimum Gasteiger partial charge on any atom is -0.399 e. The van der Waals surface area contributed by atoms with Crippen LogP contribution in [0, 0.1) is 0 Å². The number of nitrogens with one attached hydrogen (secondary N) is 1. The maximum absolute atomic E-state index is 11.2. The highest BCUT2D eigenvalue weighted by molar-refractivity contribution is 7.72. The quantitative estimate of drug-likeness (QED) is 0.453. The number of H-pyrrole nitrogens is 1. The van der Waals surface area contributed by atoms with E-state index in [1.54, 1.807) is 24.3 Å². The molecule has 17 heavy (non-hydrogen) atoms. The monoisotopic (exact) mass is 246 g/mol. The molecule has 0 aliphatic rings. The highest BCUT2D eigenvalue weighted by Crippen LogP contribution is 2.29. The molecule has 86 valence electrons. The average molecular weight is 246 g/mol. The number of benzene rings is 2. The van der Waals surface area contributed by atoms with E-state index in [9.17, 15) is 8.42 Å². The Kier molecular flexibility index (Phi) is 2.09. The van der Waals surface area contributed by atoms with Crippen LogP contribution in [0.1, 0.15) is 0 Å². The van der Waals surface area contributed by atoms with Gasteiger partial charge in [-0.2, -0.15) is 0 Å². The number of aromatic amines is 1. The Bertz CT molecular complexity index is 795. The van der Waals surface area contributed by atoms with Crippen LogP contribution in [-0.2, 0) is 10.7 Å². The third-order valence-corrected chi connectivity index (χ3v) is 3.60. The predicted molar refractivity (Wildman–Crippen MR) is 68.8 cm³/mol. The Morgan fingerprint density at radius 3 is 2.65 bits per heavy atom.